The summed E-state index contributed by atoms with van der Waals surface area (Å²) in [5, 5.41) is 3.07. The van der Waals surface area contributed by atoms with Crippen LogP contribution in [-0.2, 0) is 5.41 Å². The van der Waals surface area contributed by atoms with Crippen molar-refractivity contribution in [1.82, 2.24) is 0 Å². The molecule has 0 bridgehead atoms. The minimum atomic E-state index is -0.429. The molecule has 0 atom stereocenters. The maximum atomic E-state index is 7.15. The normalized spacial score (nSPS) is 13.7. The summed E-state index contributed by atoms with van der Waals surface area (Å²) in [5.74, 6) is 0. The fraction of sp³-hybridized carbons (Fsp3) is 0.0345. The molecule has 0 heterocycles. The topological polar surface area (TPSA) is 0 Å². The smallest absolute Gasteiger partial charge is 0.0714 e. The molecular formula is C29H18BrCl. The zero-order valence-electron chi connectivity index (χ0n) is 16.6. The van der Waals surface area contributed by atoms with E-state index in [-0.39, 0.29) is 0 Å². The van der Waals surface area contributed by atoms with Crippen LogP contribution in [0.5, 0.6) is 0 Å². The summed E-state index contributed by atoms with van der Waals surface area (Å²) in [7, 11) is 0. The van der Waals surface area contributed by atoms with E-state index in [0.29, 0.717) is 0 Å². The Morgan fingerprint density at radius 1 is 0.613 bits per heavy atom. The number of fused-ring (bicyclic) bond motifs is 4. The number of rotatable bonds is 2. The molecule has 0 saturated heterocycles. The maximum Gasteiger partial charge on any atom is 0.0714 e. The minimum absolute atomic E-state index is 0.429. The third kappa shape index (κ3) is 2.60. The van der Waals surface area contributed by atoms with Gasteiger partial charge < -0.3 is 0 Å². The lowest BCUT2D eigenvalue weighted by Crippen LogP contribution is -2.28. The first-order chi connectivity index (χ1) is 15.2. The zero-order chi connectivity index (χ0) is 21.0. The van der Waals surface area contributed by atoms with E-state index in [4.69, 9.17) is 11.6 Å². The summed E-state index contributed by atoms with van der Waals surface area (Å²) in [6.45, 7) is 0. The van der Waals surface area contributed by atoms with Gasteiger partial charge in [-0.1, -0.05) is 119 Å². The fourth-order valence-corrected chi connectivity index (χ4v) is 5.96. The van der Waals surface area contributed by atoms with Crippen molar-refractivity contribution >= 4 is 38.3 Å². The third-order valence-electron chi connectivity index (χ3n) is 6.46. The van der Waals surface area contributed by atoms with E-state index in [2.05, 4.69) is 125 Å². The summed E-state index contributed by atoms with van der Waals surface area (Å²) in [5.41, 5.74) is 6.88. The first-order valence-electron chi connectivity index (χ1n) is 10.3. The molecule has 0 spiro atoms. The summed E-state index contributed by atoms with van der Waals surface area (Å²) in [6, 6.07) is 38.9. The Morgan fingerprint density at radius 3 is 1.90 bits per heavy atom. The highest BCUT2D eigenvalue weighted by atomic mass is 79.9. The van der Waals surface area contributed by atoms with E-state index in [0.717, 1.165) is 25.8 Å². The van der Waals surface area contributed by atoms with E-state index in [1.165, 1.54) is 27.8 Å². The van der Waals surface area contributed by atoms with Crippen molar-refractivity contribution in [3.05, 3.63) is 141 Å². The van der Waals surface area contributed by atoms with Gasteiger partial charge in [0.2, 0.25) is 0 Å². The number of hydrogen-bond donors (Lipinski definition) is 0. The van der Waals surface area contributed by atoms with Crippen molar-refractivity contribution in [2.24, 2.45) is 0 Å². The first-order valence-corrected chi connectivity index (χ1v) is 11.5. The van der Waals surface area contributed by atoms with Crippen molar-refractivity contribution in [2.45, 2.75) is 5.41 Å². The molecule has 2 heteroatoms. The third-order valence-corrected chi connectivity index (χ3v) is 7.34. The van der Waals surface area contributed by atoms with E-state index in [9.17, 15) is 0 Å². The van der Waals surface area contributed by atoms with Crippen LogP contribution in [0.15, 0.2) is 114 Å². The molecule has 0 aromatic heterocycles. The molecule has 5 aromatic rings. The van der Waals surface area contributed by atoms with Crippen LogP contribution in [0.25, 0.3) is 21.9 Å². The molecule has 0 aliphatic heterocycles. The van der Waals surface area contributed by atoms with Crippen LogP contribution in [0.2, 0.25) is 5.02 Å². The molecular weight excluding hydrogens is 464 g/mol. The SMILES string of the molecule is Clc1c2c(cc3ccccc13)C(c1ccccc1)(c1ccccc1)c1ccc(Br)cc1-2. The highest BCUT2D eigenvalue weighted by Crippen LogP contribution is 2.59. The highest BCUT2D eigenvalue weighted by molar-refractivity contribution is 9.10. The summed E-state index contributed by atoms with van der Waals surface area (Å²) in [4.78, 5) is 0. The predicted molar refractivity (Wildman–Crippen MR) is 134 cm³/mol. The Bertz CT molecular complexity index is 1400. The second-order valence-electron chi connectivity index (χ2n) is 8.01. The summed E-state index contributed by atoms with van der Waals surface area (Å²) in [6.07, 6.45) is 0. The molecule has 5 aromatic carbocycles. The Balaban J connectivity index is 1.87. The highest BCUT2D eigenvalue weighted by Gasteiger charge is 2.47. The van der Waals surface area contributed by atoms with Crippen LogP contribution in [0.3, 0.4) is 0 Å². The van der Waals surface area contributed by atoms with Crippen molar-refractivity contribution in [1.29, 1.82) is 0 Å². The molecule has 31 heavy (non-hydrogen) atoms. The lowest BCUT2D eigenvalue weighted by Gasteiger charge is -2.34. The Morgan fingerprint density at radius 2 is 1.23 bits per heavy atom. The van der Waals surface area contributed by atoms with E-state index < -0.39 is 5.41 Å². The molecule has 0 radical (unpaired) electrons. The van der Waals surface area contributed by atoms with Gasteiger partial charge in [-0.2, -0.15) is 0 Å². The van der Waals surface area contributed by atoms with Gasteiger partial charge in [-0.3, -0.25) is 0 Å². The standard InChI is InChI=1S/C29H18BrCl/c30-22-15-16-25-24(18-22)27-26(17-19-9-7-8-14-23(19)28(27)31)29(25,20-10-3-1-4-11-20)21-12-5-2-6-13-21/h1-18H. The van der Waals surface area contributed by atoms with Gasteiger partial charge in [0, 0.05) is 15.4 Å². The van der Waals surface area contributed by atoms with E-state index in [1.54, 1.807) is 0 Å². The van der Waals surface area contributed by atoms with Crippen molar-refractivity contribution in [3.8, 4) is 11.1 Å². The zero-order valence-corrected chi connectivity index (χ0v) is 19.0. The Kier molecular flexibility index (Phi) is 4.31. The molecule has 0 N–H and O–H groups in total. The van der Waals surface area contributed by atoms with Gasteiger partial charge in [0.25, 0.3) is 0 Å². The molecule has 0 nitrogen and oxygen atoms in total. The fourth-order valence-electron chi connectivity index (χ4n) is 5.22. The number of hydrogen-bond acceptors (Lipinski definition) is 0. The average Bonchev–Trinajstić information content (AvgIpc) is 3.10. The average molecular weight is 482 g/mol. The molecule has 1 aliphatic carbocycles. The van der Waals surface area contributed by atoms with Gasteiger partial charge in [0.05, 0.1) is 10.4 Å². The largest absolute Gasteiger partial charge is 0.0830 e. The molecule has 0 amide bonds. The van der Waals surface area contributed by atoms with Gasteiger partial charge in [-0.25, -0.2) is 0 Å². The summed E-state index contributed by atoms with van der Waals surface area (Å²) < 4.78 is 1.05. The second kappa shape index (κ2) is 7.09. The van der Waals surface area contributed by atoms with Crippen LogP contribution in [0, 0.1) is 0 Å². The monoisotopic (exact) mass is 480 g/mol. The Hall–Kier alpha value is -2.87. The number of halogens is 2. The minimum Gasteiger partial charge on any atom is -0.0830 e. The molecule has 0 saturated carbocycles. The van der Waals surface area contributed by atoms with Crippen LogP contribution >= 0.6 is 27.5 Å². The quantitative estimate of drug-likeness (QED) is 0.232. The molecule has 6 rings (SSSR count). The van der Waals surface area contributed by atoms with Crippen molar-refractivity contribution in [2.75, 3.05) is 0 Å². The molecule has 148 valence electrons. The van der Waals surface area contributed by atoms with Crippen LogP contribution in [-0.4, -0.2) is 0 Å². The Labute approximate surface area is 195 Å². The molecule has 0 unspecified atom stereocenters. The second-order valence-corrected chi connectivity index (χ2v) is 9.30. The van der Waals surface area contributed by atoms with Crippen molar-refractivity contribution in [3.63, 3.8) is 0 Å². The van der Waals surface area contributed by atoms with Crippen LogP contribution < -0.4 is 0 Å². The first kappa shape index (κ1) is 18.9. The van der Waals surface area contributed by atoms with Gasteiger partial charge >= 0.3 is 0 Å². The molecule has 1 aliphatic rings. The van der Waals surface area contributed by atoms with Gasteiger partial charge in [-0.05, 0) is 51.4 Å². The van der Waals surface area contributed by atoms with E-state index >= 15 is 0 Å². The number of benzene rings is 5. The molecule has 0 fully saturated rings. The van der Waals surface area contributed by atoms with Gasteiger partial charge in [-0.15, -0.1) is 0 Å². The van der Waals surface area contributed by atoms with Gasteiger partial charge in [0.15, 0.2) is 0 Å². The van der Waals surface area contributed by atoms with E-state index in [1.807, 2.05) is 0 Å². The summed E-state index contributed by atoms with van der Waals surface area (Å²) >= 11 is 10.9. The lowest BCUT2D eigenvalue weighted by molar-refractivity contribution is 0.769. The maximum absolute atomic E-state index is 7.15. The van der Waals surface area contributed by atoms with Crippen LogP contribution in [0.1, 0.15) is 22.3 Å². The van der Waals surface area contributed by atoms with Gasteiger partial charge in [0.1, 0.15) is 0 Å². The predicted octanol–water partition coefficient (Wildman–Crippen LogP) is 8.62. The van der Waals surface area contributed by atoms with Crippen molar-refractivity contribution < 1.29 is 0 Å². The lowest BCUT2D eigenvalue weighted by atomic mass is 9.67. The van der Waals surface area contributed by atoms with Crippen LogP contribution in [0.4, 0.5) is 0 Å².